The summed E-state index contributed by atoms with van der Waals surface area (Å²) in [6, 6.07) is 16.0. The summed E-state index contributed by atoms with van der Waals surface area (Å²) in [5.74, 6) is 0.524. The molecule has 146 valence electrons. The zero-order valence-electron chi connectivity index (χ0n) is 15.8. The Bertz CT molecular complexity index is 1080. The van der Waals surface area contributed by atoms with Crippen LogP contribution < -0.4 is 20.1 Å². The van der Waals surface area contributed by atoms with Crippen LogP contribution in [0.4, 0.5) is 5.69 Å². The molecule has 1 aliphatic rings. The lowest BCUT2D eigenvalue weighted by Gasteiger charge is -2.08. The van der Waals surface area contributed by atoms with E-state index in [2.05, 4.69) is 15.6 Å². The van der Waals surface area contributed by atoms with E-state index in [1.165, 1.54) is 12.3 Å². The van der Waals surface area contributed by atoms with E-state index in [9.17, 15) is 9.59 Å². The Morgan fingerprint density at radius 3 is 2.72 bits per heavy atom. The number of ether oxygens (including phenoxy) is 2. The van der Waals surface area contributed by atoms with E-state index in [1.54, 1.807) is 24.3 Å². The van der Waals surface area contributed by atoms with Crippen LogP contribution in [0.25, 0.3) is 0 Å². The normalized spacial score (nSPS) is 11.8. The van der Waals surface area contributed by atoms with Gasteiger partial charge in [-0.1, -0.05) is 29.8 Å². The molecular weight excluding hydrogens is 370 g/mol. The van der Waals surface area contributed by atoms with Crippen molar-refractivity contribution in [1.29, 1.82) is 0 Å². The SMILES string of the molecule is Cc1cccc(CNC(=O)c2cc(C(=O)Nc3ccc4c(c3)OCO4)ccn2)c1. The topological polar surface area (TPSA) is 89.6 Å². The second-order valence-electron chi connectivity index (χ2n) is 6.62. The smallest absolute Gasteiger partial charge is 0.270 e. The fourth-order valence-electron chi connectivity index (χ4n) is 2.97. The minimum atomic E-state index is -0.348. The number of anilines is 1. The lowest BCUT2D eigenvalue weighted by Crippen LogP contribution is -2.24. The Morgan fingerprint density at radius 1 is 1.00 bits per heavy atom. The van der Waals surface area contributed by atoms with Gasteiger partial charge in [-0.15, -0.1) is 0 Å². The van der Waals surface area contributed by atoms with Crippen molar-refractivity contribution in [2.45, 2.75) is 13.5 Å². The molecule has 2 aromatic carbocycles. The number of pyridine rings is 1. The summed E-state index contributed by atoms with van der Waals surface area (Å²) in [5, 5.41) is 5.61. The van der Waals surface area contributed by atoms with Crippen molar-refractivity contribution in [2.75, 3.05) is 12.1 Å². The molecule has 0 atom stereocenters. The summed E-state index contributed by atoms with van der Waals surface area (Å²) in [6.07, 6.45) is 1.44. The molecule has 2 amide bonds. The molecule has 2 N–H and O–H groups in total. The third kappa shape index (κ3) is 4.35. The molecular formula is C22H19N3O4. The van der Waals surface area contributed by atoms with Gasteiger partial charge in [-0.25, -0.2) is 0 Å². The standard InChI is InChI=1S/C22H19N3O4/c1-14-3-2-4-15(9-14)12-24-22(27)18-10-16(7-8-23-18)21(26)25-17-5-6-19-20(11-17)29-13-28-19/h2-11H,12-13H2,1H3,(H,24,27)(H,25,26). The number of fused-ring (bicyclic) bond motifs is 1. The van der Waals surface area contributed by atoms with Crippen LogP contribution in [0.5, 0.6) is 11.5 Å². The second kappa shape index (κ2) is 8.02. The molecule has 0 radical (unpaired) electrons. The van der Waals surface area contributed by atoms with Crippen LogP contribution in [-0.4, -0.2) is 23.6 Å². The van der Waals surface area contributed by atoms with Gasteiger partial charge >= 0.3 is 0 Å². The lowest BCUT2D eigenvalue weighted by molar-refractivity contribution is 0.0946. The highest BCUT2D eigenvalue weighted by Gasteiger charge is 2.16. The van der Waals surface area contributed by atoms with Crippen molar-refractivity contribution in [1.82, 2.24) is 10.3 Å². The molecule has 0 saturated carbocycles. The first-order chi connectivity index (χ1) is 14.1. The van der Waals surface area contributed by atoms with Gasteiger partial charge in [-0.2, -0.15) is 0 Å². The predicted molar refractivity (Wildman–Crippen MR) is 107 cm³/mol. The molecule has 7 nitrogen and oxygen atoms in total. The van der Waals surface area contributed by atoms with Crippen LogP contribution in [0.15, 0.2) is 60.8 Å². The van der Waals surface area contributed by atoms with Gasteiger partial charge < -0.3 is 20.1 Å². The van der Waals surface area contributed by atoms with Crippen molar-refractivity contribution >= 4 is 17.5 Å². The molecule has 0 saturated heterocycles. The molecule has 7 heteroatoms. The highest BCUT2D eigenvalue weighted by atomic mass is 16.7. The fourth-order valence-corrected chi connectivity index (χ4v) is 2.97. The van der Waals surface area contributed by atoms with Gasteiger partial charge in [-0.3, -0.25) is 14.6 Å². The van der Waals surface area contributed by atoms with Crippen molar-refractivity contribution < 1.29 is 19.1 Å². The molecule has 1 aromatic heterocycles. The number of aryl methyl sites for hydroxylation is 1. The highest BCUT2D eigenvalue weighted by molar-refractivity contribution is 6.05. The largest absolute Gasteiger partial charge is 0.454 e. The van der Waals surface area contributed by atoms with Crippen LogP contribution in [0.2, 0.25) is 0 Å². The molecule has 29 heavy (non-hydrogen) atoms. The third-order valence-electron chi connectivity index (χ3n) is 4.42. The van der Waals surface area contributed by atoms with Gasteiger partial charge in [0.15, 0.2) is 11.5 Å². The van der Waals surface area contributed by atoms with Gasteiger partial charge in [0.1, 0.15) is 5.69 Å². The number of nitrogens with zero attached hydrogens (tertiary/aromatic N) is 1. The predicted octanol–water partition coefficient (Wildman–Crippen LogP) is 3.30. The number of hydrogen-bond donors (Lipinski definition) is 2. The fraction of sp³-hybridized carbons (Fsp3) is 0.136. The number of rotatable bonds is 5. The maximum absolute atomic E-state index is 12.6. The molecule has 2 heterocycles. The lowest BCUT2D eigenvalue weighted by atomic mass is 10.1. The summed E-state index contributed by atoms with van der Waals surface area (Å²) < 4.78 is 10.6. The molecule has 0 unspecified atom stereocenters. The average molecular weight is 389 g/mol. The maximum Gasteiger partial charge on any atom is 0.270 e. The van der Waals surface area contributed by atoms with Crippen LogP contribution in [0.3, 0.4) is 0 Å². The van der Waals surface area contributed by atoms with Crippen LogP contribution >= 0.6 is 0 Å². The van der Waals surface area contributed by atoms with Gasteiger partial charge in [0.2, 0.25) is 6.79 Å². The first-order valence-corrected chi connectivity index (χ1v) is 9.09. The van der Waals surface area contributed by atoms with E-state index >= 15 is 0 Å². The summed E-state index contributed by atoms with van der Waals surface area (Å²) in [5.41, 5.74) is 3.20. The Labute approximate surface area is 167 Å². The van der Waals surface area contributed by atoms with Crippen molar-refractivity contribution in [3.63, 3.8) is 0 Å². The molecule has 4 rings (SSSR count). The van der Waals surface area contributed by atoms with Crippen molar-refractivity contribution in [2.24, 2.45) is 0 Å². The maximum atomic E-state index is 12.6. The minimum absolute atomic E-state index is 0.165. The number of amides is 2. The van der Waals surface area contributed by atoms with Gasteiger partial charge in [0, 0.05) is 30.1 Å². The number of aromatic nitrogens is 1. The zero-order chi connectivity index (χ0) is 20.2. The molecule has 1 aliphatic heterocycles. The van der Waals surface area contributed by atoms with E-state index in [1.807, 2.05) is 31.2 Å². The Hall–Kier alpha value is -3.87. The average Bonchev–Trinajstić information content (AvgIpc) is 3.20. The van der Waals surface area contributed by atoms with E-state index in [4.69, 9.17) is 9.47 Å². The van der Waals surface area contributed by atoms with Crippen molar-refractivity contribution in [3.8, 4) is 11.5 Å². The van der Waals surface area contributed by atoms with E-state index in [0.717, 1.165) is 11.1 Å². The Morgan fingerprint density at radius 2 is 1.86 bits per heavy atom. The molecule has 0 aliphatic carbocycles. The first kappa shape index (κ1) is 18.5. The van der Waals surface area contributed by atoms with Gasteiger partial charge in [-0.05, 0) is 36.8 Å². The van der Waals surface area contributed by atoms with Crippen LogP contribution in [-0.2, 0) is 6.54 Å². The van der Waals surface area contributed by atoms with Gasteiger partial charge in [0.05, 0.1) is 0 Å². The summed E-state index contributed by atoms with van der Waals surface area (Å²) in [4.78, 5) is 29.1. The number of nitrogens with one attached hydrogen (secondary N) is 2. The number of carbonyl (C=O) groups excluding carboxylic acids is 2. The van der Waals surface area contributed by atoms with Crippen molar-refractivity contribution in [3.05, 3.63) is 83.2 Å². The van der Waals surface area contributed by atoms with E-state index in [-0.39, 0.29) is 24.3 Å². The Balaban J connectivity index is 1.42. The molecule has 3 aromatic rings. The number of hydrogen-bond acceptors (Lipinski definition) is 5. The van der Waals surface area contributed by atoms with E-state index in [0.29, 0.717) is 29.3 Å². The zero-order valence-corrected chi connectivity index (χ0v) is 15.8. The number of benzene rings is 2. The molecule has 0 fully saturated rings. The quantitative estimate of drug-likeness (QED) is 0.699. The summed E-state index contributed by atoms with van der Waals surface area (Å²) in [7, 11) is 0. The van der Waals surface area contributed by atoms with E-state index < -0.39 is 0 Å². The second-order valence-corrected chi connectivity index (χ2v) is 6.62. The monoisotopic (exact) mass is 389 g/mol. The van der Waals surface area contributed by atoms with Gasteiger partial charge in [0.25, 0.3) is 11.8 Å². The number of carbonyl (C=O) groups is 2. The Kier molecular flexibility index (Phi) is 5.11. The van der Waals surface area contributed by atoms with Crippen LogP contribution in [0.1, 0.15) is 32.0 Å². The first-order valence-electron chi connectivity index (χ1n) is 9.09. The summed E-state index contributed by atoms with van der Waals surface area (Å²) in [6.45, 7) is 2.54. The molecule has 0 bridgehead atoms. The summed E-state index contributed by atoms with van der Waals surface area (Å²) >= 11 is 0. The highest BCUT2D eigenvalue weighted by Crippen LogP contribution is 2.34. The van der Waals surface area contributed by atoms with Crippen LogP contribution in [0, 0.1) is 6.92 Å². The minimum Gasteiger partial charge on any atom is -0.454 e. The third-order valence-corrected chi connectivity index (χ3v) is 4.42. The molecule has 0 spiro atoms.